The van der Waals surface area contributed by atoms with Crippen LogP contribution in [0.1, 0.15) is 91.9 Å². The van der Waals surface area contributed by atoms with Crippen molar-refractivity contribution in [2.75, 3.05) is 0 Å². The summed E-state index contributed by atoms with van der Waals surface area (Å²) in [6.07, 6.45) is 11.2. The van der Waals surface area contributed by atoms with E-state index in [9.17, 15) is 9.59 Å². The summed E-state index contributed by atoms with van der Waals surface area (Å²) in [6, 6.07) is 0. The third-order valence-corrected chi connectivity index (χ3v) is 3.86. The second-order valence-corrected chi connectivity index (χ2v) is 5.95. The van der Waals surface area contributed by atoms with Crippen molar-refractivity contribution in [1.82, 2.24) is 0 Å². The number of ether oxygens (including phenoxy) is 2. The minimum atomic E-state index is -0.389. The molecule has 0 rings (SSSR count). The van der Waals surface area contributed by atoms with Crippen LogP contribution in [-0.2, 0) is 19.1 Å². The molecule has 24 heavy (non-hydrogen) atoms. The van der Waals surface area contributed by atoms with Gasteiger partial charge in [0.05, 0.1) is 25.4 Å². The molecule has 4 heteroatoms. The summed E-state index contributed by atoms with van der Waals surface area (Å²) in [5.41, 5.74) is 2.25. The maximum absolute atomic E-state index is 11.7. The highest BCUT2D eigenvalue weighted by Crippen LogP contribution is 2.13. The second kappa shape index (κ2) is 15.0. The van der Waals surface area contributed by atoms with Crippen molar-refractivity contribution < 1.29 is 19.1 Å². The molecule has 0 aromatic heterocycles. The zero-order valence-corrected chi connectivity index (χ0v) is 15.9. The molecule has 0 fully saturated rings. The largest absolute Gasteiger partial charge is 0.435 e. The van der Waals surface area contributed by atoms with Crippen LogP contribution in [0.15, 0.2) is 23.7 Å². The van der Waals surface area contributed by atoms with Gasteiger partial charge in [-0.1, -0.05) is 40.5 Å². The normalized spacial score (nSPS) is 12.2. The number of esters is 2. The first-order valence-corrected chi connectivity index (χ1v) is 9.31. The Morgan fingerprint density at radius 2 is 1.04 bits per heavy atom. The van der Waals surface area contributed by atoms with Crippen molar-refractivity contribution in [3.05, 3.63) is 23.7 Å². The third-order valence-electron chi connectivity index (χ3n) is 3.86. The van der Waals surface area contributed by atoms with E-state index in [1.54, 1.807) is 12.5 Å². The highest BCUT2D eigenvalue weighted by atomic mass is 16.5. The van der Waals surface area contributed by atoms with Crippen LogP contribution in [-0.4, -0.2) is 11.9 Å². The molecular weight excluding hydrogens is 304 g/mol. The first kappa shape index (κ1) is 22.4. The molecule has 0 N–H and O–H groups in total. The van der Waals surface area contributed by atoms with Gasteiger partial charge >= 0.3 is 11.9 Å². The lowest BCUT2D eigenvalue weighted by atomic mass is 10.1. The minimum Gasteiger partial charge on any atom is -0.435 e. The van der Waals surface area contributed by atoms with Crippen LogP contribution in [0.4, 0.5) is 0 Å². The van der Waals surface area contributed by atoms with Gasteiger partial charge in [0.25, 0.3) is 0 Å². The van der Waals surface area contributed by atoms with Gasteiger partial charge in [-0.3, -0.25) is 9.59 Å². The van der Waals surface area contributed by atoms with E-state index in [0.29, 0.717) is 0 Å². The highest BCUT2D eigenvalue weighted by Gasteiger charge is 2.09. The fourth-order valence-electron chi connectivity index (χ4n) is 2.07. The molecule has 4 nitrogen and oxygen atoms in total. The number of hydrogen-bond acceptors (Lipinski definition) is 4. The molecule has 0 unspecified atom stereocenters. The summed E-state index contributed by atoms with van der Waals surface area (Å²) < 4.78 is 10.2. The summed E-state index contributed by atoms with van der Waals surface area (Å²) in [7, 11) is 0. The summed E-state index contributed by atoms with van der Waals surface area (Å²) in [5, 5.41) is 0. The van der Waals surface area contributed by atoms with E-state index in [0.717, 1.165) is 62.5 Å². The zero-order valence-electron chi connectivity index (χ0n) is 15.9. The van der Waals surface area contributed by atoms with E-state index in [1.807, 2.05) is 13.8 Å². The van der Waals surface area contributed by atoms with Gasteiger partial charge in [-0.05, 0) is 49.7 Å². The van der Waals surface area contributed by atoms with Gasteiger partial charge in [0.2, 0.25) is 0 Å². The van der Waals surface area contributed by atoms with Crippen molar-refractivity contribution in [3.63, 3.8) is 0 Å². The highest BCUT2D eigenvalue weighted by molar-refractivity contribution is 5.78. The monoisotopic (exact) mass is 338 g/mol. The molecular formula is C20H34O4. The van der Waals surface area contributed by atoms with E-state index in [-0.39, 0.29) is 24.8 Å². The Morgan fingerprint density at radius 1 is 0.667 bits per heavy atom. The molecule has 0 saturated carbocycles. The van der Waals surface area contributed by atoms with Crippen LogP contribution >= 0.6 is 0 Å². The van der Waals surface area contributed by atoms with Crippen LogP contribution < -0.4 is 0 Å². The number of hydrogen-bond donors (Lipinski definition) is 0. The molecule has 0 aliphatic rings. The van der Waals surface area contributed by atoms with E-state index >= 15 is 0 Å². The molecule has 0 spiro atoms. The second-order valence-electron chi connectivity index (χ2n) is 5.95. The fraction of sp³-hybridized carbons (Fsp3) is 0.700. The van der Waals surface area contributed by atoms with Gasteiger partial charge in [0.1, 0.15) is 0 Å². The number of carbonyl (C=O) groups excluding carboxylic acids is 2. The quantitative estimate of drug-likeness (QED) is 0.313. The maximum atomic E-state index is 11.7. The molecule has 138 valence electrons. The first-order chi connectivity index (χ1) is 11.6. The Balaban J connectivity index is 4.14. The van der Waals surface area contributed by atoms with E-state index < -0.39 is 0 Å². The lowest BCUT2D eigenvalue weighted by Crippen LogP contribution is -2.07. The standard InChI is InChI=1S/C20H34O4/c1-5-9-11-17(7-3)15-23-19(21)13-14-20(22)24-16-18(8-4)12-10-6-2/h15-16H,5-14H2,1-4H3/b17-15+,18-16+. The predicted octanol–water partition coefficient (Wildman–Crippen LogP) is 5.82. The number of allylic oxidation sites excluding steroid dienone is 2. The fourth-order valence-corrected chi connectivity index (χ4v) is 2.07. The summed E-state index contributed by atoms with van der Waals surface area (Å²) in [6.45, 7) is 8.35. The molecule has 0 aliphatic heterocycles. The van der Waals surface area contributed by atoms with Crippen LogP contribution in [0, 0.1) is 0 Å². The smallest absolute Gasteiger partial charge is 0.311 e. The molecule has 0 aromatic rings. The van der Waals surface area contributed by atoms with E-state index in [2.05, 4.69) is 13.8 Å². The lowest BCUT2D eigenvalue weighted by Gasteiger charge is -2.05. The minimum absolute atomic E-state index is 0.0460. The zero-order chi connectivity index (χ0) is 18.2. The molecule has 0 amide bonds. The summed E-state index contributed by atoms with van der Waals surface area (Å²) in [4.78, 5) is 23.4. The van der Waals surface area contributed by atoms with Crippen LogP contribution in [0.2, 0.25) is 0 Å². The number of unbranched alkanes of at least 4 members (excludes halogenated alkanes) is 2. The molecule has 0 bridgehead atoms. The molecule has 0 heterocycles. The molecule has 0 saturated heterocycles. The van der Waals surface area contributed by atoms with Crippen molar-refractivity contribution in [1.29, 1.82) is 0 Å². The Labute approximate surface area is 147 Å². The molecule has 0 atom stereocenters. The maximum Gasteiger partial charge on any atom is 0.311 e. The van der Waals surface area contributed by atoms with Crippen molar-refractivity contribution in [2.45, 2.75) is 91.9 Å². The van der Waals surface area contributed by atoms with Gasteiger partial charge < -0.3 is 9.47 Å². The Hall–Kier alpha value is -1.58. The molecule has 0 aromatic carbocycles. The van der Waals surface area contributed by atoms with Gasteiger partial charge in [-0.25, -0.2) is 0 Å². The van der Waals surface area contributed by atoms with Gasteiger partial charge in [-0.2, -0.15) is 0 Å². The SMILES string of the molecule is CCCC/C(=C/OC(=O)CCC(=O)O/C=C(\CC)CCCC)CC. The number of rotatable bonds is 13. The van der Waals surface area contributed by atoms with Gasteiger partial charge in [0.15, 0.2) is 0 Å². The topological polar surface area (TPSA) is 52.6 Å². The first-order valence-electron chi connectivity index (χ1n) is 9.31. The third kappa shape index (κ3) is 11.9. The van der Waals surface area contributed by atoms with Crippen molar-refractivity contribution >= 4 is 11.9 Å². The van der Waals surface area contributed by atoms with Gasteiger partial charge in [-0.15, -0.1) is 0 Å². The van der Waals surface area contributed by atoms with Crippen LogP contribution in [0.25, 0.3) is 0 Å². The van der Waals surface area contributed by atoms with Crippen LogP contribution in [0.5, 0.6) is 0 Å². The lowest BCUT2D eigenvalue weighted by molar-refractivity contribution is -0.144. The summed E-state index contributed by atoms with van der Waals surface area (Å²) in [5.74, 6) is -0.778. The predicted molar refractivity (Wildman–Crippen MR) is 97.2 cm³/mol. The number of carbonyl (C=O) groups is 2. The van der Waals surface area contributed by atoms with E-state index in [1.165, 1.54) is 0 Å². The molecule has 0 aliphatic carbocycles. The Morgan fingerprint density at radius 3 is 1.33 bits per heavy atom. The van der Waals surface area contributed by atoms with E-state index in [4.69, 9.17) is 9.47 Å². The summed E-state index contributed by atoms with van der Waals surface area (Å²) >= 11 is 0. The van der Waals surface area contributed by atoms with Crippen LogP contribution in [0.3, 0.4) is 0 Å². The molecule has 0 radical (unpaired) electrons. The average molecular weight is 338 g/mol. The van der Waals surface area contributed by atoms with Gasteiger partial charge in [0, 0.05) is 0 Å². The van der Waals surface area contributed by atoms with Crippen molar-refractivity contribution in [2.24, 2.45) is 0 Å². The Bertz CT molecular complexity index is 381. The Kier molecular flexibility index (Phi) is 14.0. The average Bonchev–Trinajstić information content (AvgIpc) is 2.60. The van der Waals surface area contributed by atoms with Crippen molar-refractivity contribution in [3.8, 4) is 0 Å².